The van der Waals surface area contributed by atoms with Crippen LogP contribution in [0.4, 0.5) is 0 Å². The van der Waals surface area contributed by atoms with Crippen molar-refractivity contribution in [3.63, 3.8) is 0 Å². The lowest BCUT2D eigenvalue weighted by atomic mass is 10.5. The number of halogens is 1. The van der Waals surface area contributed by atoms with Gasteiger partial charge in [-0.1, -0.05) is 11.6 Å². The lowest BCUT2D eigenvalue weighted by Crippen LogP contribution is -2.09. The molecule has 0 saturated carbocycles. The summed E-state index contributed by atoms with van der Waals surface area (Å²) in [4.78, 5) is 0. The van der Waals surface area contributed by atoms with Gasteiger partial charge < -0.3 is 4.74 Å². The number of aromatic nitrogens is 2. The first kappa shape index (κ1) is 10.9. The summed E-state index contributed by atoms with van der Waals surface area (Å²) in [6.07, 6.45) is 1.65. The van der Waals surface area contributed by atoms with E-state index in [0.717, 1.165) is 18.0 Å². The highest BCUT2D eigenvalue weighted by Crippen LogP contribution is 2.12. The zero-order valence-electron chi connectivity index (χ0n) is 7.53. The molecule has 1 aromatic heterocycles. The number of rotatable bonds is 5. The lowest BCUT2D eigenvalue weighted by molar-refractivity contribution is 0.138. The fraction of sp³-hybridized carbons (Fsp3) is 0.625. The highest BCUT2D eigenvalue weighted by molar-refractivity contribution is 7.80. The normalized spacial score (nSPS) is 10.7. The molecule has 1 rings (SSSR count). The molecule has 1 heterocycles. The van der Waals surface area contributed by atoms with Crippen molar-refractivity contribution in [1.82, 2.24) is 9.78 Å². The molecule has 74 valence electrons. The predicted molar refractivity (Wildman–Crippen MR) is 56.6 cm³/mol. The van der Waals surface area contributed by atoms with Crippen LogP contribution in [-0.4, -0.2) is 28.7 Å². The van der Waals surface area contributed by atoms with Crippen LogP contribution in [0.2, 0.25) is 5.02 Å². The van der Waals surface area contributed by atoms with Crippen molar-refractivity contribution in [1.29, 1.82) is 0 Å². The zero-order chi connectivity index (χ0) is 9.68. The van der Waals surface area contributed by atoms with Crippen molar-refractivity contribution in [2.24, 2.45) is 0 Å². The number of thiol groups is 1. The summed E-state index contributed by atoms with van der Waals surface area (Å²) < 4.78 is 7.10. The standard InChI is InChI=1S/C8H13ClN2OS/c1-7-8(9)6-10-11(7)2-3-12-4-5-13/h6,13H,2-5H2,1H3. The number of hydrogen-bond donors (Lipinski definition) is 1. The summed E-state index contributed by atoms with van der Waals surface area (Å²) in [6.45, 7) is 4.01. The summed E-state index contributed by atoms with van der Waals surface area (Å²) >= 11 is 9.87. The van der Waals surface area contributed by atoms with Crippen molar-refractivity contribution in [3.05, 3.63) is 16.9 Å². The molecule has 5 heteroatoms. The van der Waals surface area contributed by atoms with Gasteiger partial charge in [-0.05, 0) is 6.92 Å². The Hall–Kier alpha value is -0.190. The van der Waals surface area contributed by atoms with Crippen LogP contribution in [-0.2, 0) is 11.3 Å². The second kappa shape index (κ2) is 5.52. The third-order valence-electron chi connectivity index (χ3n) is 1.73. The molecule has 0 spiro atoms. The summed E-state index contributed by atoms with van der Waals surface area (Å²) in [5, 5.41) is 4.80. The minimum Gasteiger partial charge on any atom is -0.379 e. The van der Waals surface area contributed by atoms with E-state index in [2.05, 4.69) is 17.7 Å². The maximum absolute atomic E-state index is 5.83. The third kappa shape index (κ3) is 3.21. The maximum atomic E-state index is 5.83. The Balaban J connectivity index is 2.32. The van der Waals surface area contributed by atoms with E-state index >= 15 is 0 Å². The fourth-order valence-corrected chi connectivity index (χ4v) is 1.24. The van der Waals surface area contributed by atoms with Crippen LogP contribution in [0.25, 0.3) is 0 Å². The van der Waals surface area contributed by atoms with Crippen LogP contribution < -0.4 is 0 Å². The van der Waals surface area contributed by atoms with E-state index in [1.54, 1.807) is 6.20 Å². The van der Waals surface area contributed by atoms with Gasteiger partial charge in [-0.15, -0.1) is 0 Å². The van der Waals surface area contributed by atoms with E-state index in [1.165, 1.54) is 0 Å². The van der Waals surface area contributed by atoms with Crippen molar-refractivity contribution in [3.8, 4) is 0 Å². The summed E-state index contributed by atoms with van der Waals surface area (Å²) in [7, 11) is 0. The minimum absolute atomic E-state index is 0.652. The van der Waals surface area contributed by atoms with E-state index in [1.807, 2.05) is 11.6 Å². The molecule has 13 heavy (non-hydrogen) atoms. The SMILES string of the molecule is Cc1c(Cl)cnn1CCOCCS. The van der Waals surface area contributed by atoms with Gasteiger partial charge >= 0.3 is 0 Å². The largest absolute Gasteiger partial charge is 0.379 e. The molecule has 0 aliphatic heterocycles. The summed E-state index contributed by atoms with van der Waals surface area (Å²) in [6, 6.07) is 0. The molecule has 0 aromatic carbocycles. The first-order chi connectivity index (χ1) is 6.25. The molecule has 0 N–H and O–H groups in total. The predicted octanol–water partition coefficient (Wildman–Crippen LogP) is 1.79. The molecule has 1 aromatic rings. The fourth-order valence-electron chi connectivity index (χ4n) is 0.967. The first-order valence-electron chi connectivity index (χ1n) is 4.12. The van der Waals surface area contributed by atoms with E-state index < -0.39 is 0 Å². The van der Waals surface area contributed by atoms with Crippen molar-refractivity contribution in [2.75, 3.05) is 19.0 Å². The van der Waals surface area contributed by atoms with Gasteiger partial charge in [0.2, 0.25) is 0 Å². The Labute approximate surface area is 88.4 Å². The molecular weight excluding hydrogens is 208 g/mol. The molecule has 0 unspecified atom stereocenters. The molecule has 0 radical (unpaired) electrons. The van der Waals surface area contributed by atoms with Crippen LogP contribution in [0.5, 0.6) is 0 Å². The van der Waals surface area contributed by atoms with E-state index in [-0.39, 0.29) is 0 Å². The van der Waals surface area contributed by atoms with Crippen LogP contribution in [0.15, 0.2) is 6.20 Å². The lowest BCUT2D eigenvalue weighted by Gasteiger charge is -2.04. The second-order valence-corrected chi connectivity index (χ2v) is 3.49. The summed E-state index contributed by atoms with van der Waals surface area (Å²) in [5.74, 6) is 0.749. The van der Waals surface area contributed by atoms with Crippen molar-refractivity contribution < 1.29 is 4.74 Å². The first-order valence-corrected chi connectivity index (χ1v) is 5.13. The van der Waals surface area contributed by atoms with Crippen LogP contribution in [0, 0.1) is 6.92 Å². The Bertz CT molecular complexity index is 265. The van der Waals surface area contributed by atoms with Crippen molar-refractivity contribution in [2.45, 2.75) is 13.5 Å². The molecule has 0 fully saturated rings. The molecule has 0 aliphatic rings. The minimum atomic E-state index is 0.652. The highest BCUT2D eigenvalue weighted by Gasteiger charge is 2.02. The molecular formula is C8H13ClN2OS. The molecule has 3 nitrogen and oxygen atoms in total. The Morgan fingerprint density at radius 2 is 2.38 bits per heavy atom. The van der Waals surface area contributed by atoms with Crippen LogP contribution >= 0.6 is 24.2 Å². The number of hydrogen-bond acceptors (Lipinski definition) is 3. The average Bonchev–Trinajstić information content (AvgIpc) is 2.43. The third-order valence-corrected chi connectivity index (χ3v) is 2.28. The van der Waals surface area contributed by atoms with Gasteiger partial charge in [0.25, 0.3) is 0 Å². The number of nitrogens with zero attached hydrogens (tertiary/aromatic N) is 2. The van der Waals surface area contributed by atoms with Gasteiger partial charge in [-0.3, -0.25) is 4.68 Å². The van der Waals surface area contributed by atoms with Gasteiger partial charge in [-0.2, -0.15) is 17.7 Å². The zero-order valence-corrected chi connectivity index (χ0v) is 9.18. The smallest absolute Gasteiger partial charge is 0.0814 e. The molecule has 0 bridgehead atoms. The van der Waals surface area contributed by atoms with Crippen molar-refractivity contribution >= 4 is 24.2 Å². The second-order valence-electron chi connectivity index (χ2n) is 2.64. The monoisotopic (exact) mass is 220 g/mol. The van der Waals surface area contributed by atoms with Crippen LogP contribution in [0.3, 0.4) is 0 Å². The van der Waals surface area contributed by atoms with E-state index in [0.29, 0.717) is 18.2 Å². The Morgan fingerprint density at radius 3 is 2.92 bits per heavy atom. The molecule has 0 aliphatic carbocycles. The average molecular weight is 221 g/mol. The summed E-state index contributed by atoms with van der Waals surface area (Å²) in [5.41, 5.74) is 0.983. The van der Waals surface area contributed by atoms with Gasteiger partial charge in [0.15, 0.2) is 0 Å². The maximum Gasteiger partial charge on any atom is 0.0814 e. The molecule has 0 atom stereocenters. The molecule has 0 saturated heterocycles. The topological polar surface area (TPSA) is 27.1 Å². The van der Waals surface area contributed by atoms with E-state index in [9.17, 15) is 0 Å². The van der Waals surface area contributed by atoms with Gasteiger partial charge in [0.1, 0.15) is 0 Å². The van der Waals surface area contributed by atoms with Gasteiger partial charge in [0.05, 0.1) is 36.7 Å². The van der Waals surface area contributed by atoms with Gasteiger partial charge in [-0.25, -0.2) is 0 Å². The highest BCUT2D eigenvalue weighted by atomic mass is 35.5. The van der Waals surface area contributed by atoms with E-state index in [4.69, 9.17) is 16.3 Å². The molecule has 0 amide bonds. The van der Waals surface area contributed by atoms with Gasteiger partial charge in [0, 0.05) is 5.75 Å². The quantitative estimate of drug-likeness (QED) is 0.605. The van der Waals surface area contributed by atoms with Crippen LogP contribution in [0.1, 0.15) is 5.69 Å². The number of ether oxygens (including phenoxy) is 1. The Morgan fingerprint density at radius 1 is 1.62 bits per heavy atom. The Kier molecular flexibility index (Phi) is 4.62.